The molecule has 0 saturated carbocycles. The first-order chi connectivity index (χ1) is 17.0. The molecule has 1 amide bonds. The first-order valence-corrected chi connectivity index (χ1v) is 13.3. The molecular weight excluding hydrogens is 460 g/mol. The average molecular weight is 491 g/mol. The van der Waals surface area contributed by atoms with Crippen LogP contribution < -0.4 is 5.48 Å². The molecule has 0 radical (unpaired) electrons. The van der Waals surface area contributed by atoms with E-state index in [1.165, 1.54) is 4.31 Å². The minimum Gasteiger partial charge on any atom is -0.289 e. The summed E-state index contributed by atoms with van der Waals surface area (Å²) in [6.45, 7) is 0.495. The highest BCUT2D eigenvalue weighted by molar-refractivity contribution is 7.90. The third-order valence-electron chi connectivity index (χ3n) is 6.43. The van der Waals surface area contributed by atoms with E-state index < -0.39 is 21.2 Å². The van der Waals surface area contributed by atoms with Gasteiger partial charge in [-0.05, 0) is 53.5 Å². The molecule has 0 aromatic heterocycles. The van der Waals surface area contributed by atoms with E-state index >= 15 is 0 Å². The van der Waals surface area contributed by atoms with Gasteiger partial charge in [0, 0.05) is 13.1 Å². The first kappa shape index (κ1) is 24.9. The van der Waals surface area contributed by atoms with Crippen LogP contribution in [0.5, 0.6) is 0 Å². The van der Waals surface area contributed by atoms with Gasteiger partial charge in [0.1, 0.15) is 0 Å². The fourth-order valence-corrected chi connectivity index (χ4v) is 6.23. The number of carbonyl (C=O) groups is 1. The minimum absolute atomic E-state index is 0.137. The molecule has 0 spiro atoms. The van der Waals surface area contributed by atoms with Gasteiger partial charge >= 0.3 is 0 Å². The molecule has 0 fully saturated rings. The Bertz CT molecular complexity index is 1260. The van der Waals surface area contributed by atoms with Crippen LogP contribution in [0.15, 0.2) is 91.0 Å². The fraction of sp³-hybridized carbons (Fsp3) is 0.250. The van der Waals surface area contributed by atoms with Crippen LogP contribution in [0.2, 0.25) is 0 Å². The number of hydrogen-bond acceptors (Lipinski definition) is 4. The van der Waals surface area contributed by atoms with Crippen LogP contribution in [-0.4, -0.2) is 42.2 Å². The zero-order valence-electron chi connectivity index (χ0n) is 19.5. The Kier molecular flexibility index (Phi) is 8.13. The summed E-state index contributed by atoms with van der Waals surface area (Å²) in [4.78, 5) is 12.3. The maximum Gasteiger partial charge on any atom is 0.263 e. The molecule has 4 rings (SSSR count). The van der Waals surface area contributed by atoms with Crippen LogP contribution in [-0.2, 0) is 21.2 Å². The highest BCUT2D eigenvalue weighted by atomic mass is 32.2. The third kappa shape index (κ3) is 6.06. The second-order valence-corrected chi connectivity index (χ2v) is 10.8. The molecule has 1 heterocycles. The molecule has 0 aliphatic carbocycles. The number of rotatable bonds is 9. The monoisotopic (exact) mass is 490 g/mol. The van der Waals surface area contributed by atoms with Crippen molar-refractivity contribution in [2.75, 3.05) is 13.1 Å². The lowest BCUT2D eigenvalue weighted by Crippen LogP contribution is -2.47. The maximum atomic E-state index is 13.3. The average Bonchev–Trinajstić information content (AvgIpc) is 2.92. The summed E-state index contributed by atoms with van der Waals surface area (Å²) in [6, 6.07) is 28.1. The van der Waals surface area contributed by atoms with Gasteiger partial charge in [-0.1, -0.05) is 91.0 Å². The molecule has 182 valence electrons. The summed E-state index contributed by atoms with van der Waals surface area (Å²) >= 11 is 0. The van der Waals surface area contributed by atoms with Gasteiger partial charge in [0.2, 0.25) is 10.0 Å². The van der Waals surface area contributed by atoms with E-state index in [2.05, 4.69) is 36.4 Å². The van der Waals surface area contributed by atoms with Crippen LogP contribution in [0.4, 0.5) is 0 Å². The van der Waals surface area contributed by atoms with E-state index in [0.29, 0.717) is 25.8 Å². The van der Waals surface area contributed by atoms with Crippen LogP contribution in [0.1, 0.15) is 30.4 Å². The summed E-state index contributed by atoms with van der Waals surface area (Å²) in [5.41, 5.74) is 7.06. The number of nitrogens with zero attached hydrogens (tertiary/aromatic N) is 1. The predicted molar refractivity (Wildman–Crippen MR) is 138 cm³/mol. The number of benzene rings is 3. The molecule has 0 unspecified atom stereocenters. The largest absolute Gasteiger partial charge is 0.289 e. The summed E-state index contributed by atoms with van der Waals surface area (Å²) in [7, 11) is -3.92. The summed E-state index contributed by atoms with van der Waals surface area (Å²) in [5, 5.41) is 7.86. The lowest BCUT2D eigenvalue weighted by Gasteiger charge is -2.29. The van der Waals surface area contributed by atoms with Crippen LogP contribution in [0.3, 0.4) is 0 Å². The van der Waals surface area contributed by atoms with Crippen LogP contribution in [0, 0.1) is 0 Å². The summed E-state index contributed by atoms with van der Waals surface area (Å²) in [6.07, 6.45) is 3.79. The van der Waals surface area contributed by atoms with Gasteiger partial charge in [-0.2, -0.15) is 4.31 Å². The molecule has 3 aromatic carbocycles. The van der Waals surface area contributed by atoms with Gasteiger partial charge in [-0.15, -0.1) is 0 Å². The molecular formula is C28H30N2O4S. The smallest absolute Gasteiger partial charge is 0.263 e. The van der Waals surface area contributed by atoms with E-state index in [-0.39, 0.29) is 13.0 Å². The number of nitrogens with one attached hydrogen (secondary N) is 1. The van der Waals surface area contributed by atoms with E-state index in [4.69, 9.17) is 0 Å². The van der Waals surface area contributed by atoms with E-state index in [1.807, 2.05) is 54.6 Å². The van der Waals surface area contributed by atoms with Crippen LogP contribution >= 0.6 is 0 Å². The zero-order chi connectivity index (χ0) is 24.7. The van der Waals surface area contributed by atoms with Crippen molar-refractivity contribution in [3.05, 3.63) is 102 Å². The lowest BCUT2D eigenvalue weighted by molar-refractivity contribution is -0.128. The Hall–Kier alpha value is -3.26. The maximum absolute atomic E-state index is 13.3. The van der Waals surface area contributed by atoms with Crippen molar-refractivity contribution in [3.8, 4) is 11.1 Å². The van der Waals surface area contributed by atoms with Gasteiger partial charge in [-0.25, -0.2) is 13.9 Å². The van der Waals surface area contributed by atoms with Crippen molar-refractivity contribution in [1.82, 2.24) is 9.79 Å². The van der Waals surface area contributed by atoms with Crippen molar-refractivity contribution >= 4 is 21.5 Å². The van der Waals surface area contributed by atoms with Crippen molar-refractivity contribution in [1.29, 1.82) is 0 Å². The summed E-state index contributed by atoms with van der Waals surface area (Å²) in [5.74, 6) is -0.885. The van der Waals surface area contributed by atoms with Gasteiger partial charge < -0.3 is 0 Å². The molecule has 0 saturated heterocycles. The topological polar surface area (TPSA) is 86.7 Å². The predicted octanol–water partition coefficient (Wildman–Crippen LogP) is 4.67. The van der Waals surface area contributed by atoms with Crippen molar-refractivity contribution in [3.63, 3.8) is 0 Å². The molecule has 0 bridgehead atoms. The Labute approximate surface area is 206 Å². The normalized spacial score (nSPS) is 15.3. The number of amides is 1. The quantitative estimate of drug-likeness (QED) is 0.337. The molecule has 1 aliphatic rings. The van der Waals surface area contributed by atoms with Gasteiger partial charge in [-0.3, -0.25) is 10.0 Å². The summed E-state index contributed by atoms with van der Waals surface area (Å²) < 4.78 is 27.9. The SMILES string of the molecule is O=C(NO)[C@H](CCCc1ccccc1)S(=O)(=O)N1CC=C(c2ccc(-c3ccccc3)cc2)CC1. The lowest BCUT2D eigenvalue weighted by atomic mass is 9.97. The van der Waals surface area contributed by atoms with Gasteiger partial charge in [0.15, 0.2) is 5.25 Å². The van der Waals surface area contributed by atoms with Crippen LogP contribution in [0.25, 0.3) is 16.7 Å². The highest BCUT2D eigenvalue weighted by Gasteiger charge is 2.37. The molecule has 35 heavy (non-hydrogen) atoms. The van der Waals surface area contributed by atoms with Gasteiger partial charge in [0.25, 0.3) is 5.91 Å². The first-order valence-electron chi connectivity index (χ1n) is 11.8. The van der Waals surface area contributed by atoms with Crippen molar-refractivity contribution < 1.29 is 18.4 Å². The van der Waals surface area contributed by atoms with E-state index in [0.717, 1.165) is 27.8 Å². The second-order valence-electron chi connectivity index (χ2n) is 8.67. The third-order valence-corrected chi connectivity index (χ3v) is 8.65. The zero-order valence-corrected chi connectivity index (χ0v) is 20.3. The molecule has 6 nitrogen and oxygen atoms in total. The molecule has 3 aromatic rings. The second kappa shape index (κ2) is 11.4. The Balaban J connectivity index is 1.42. The van der Waals surface area contributed by atoms with E-state index in [9.17, 15) is 18.4 Å². The Morgan fingerprint density at radius 3 is 2.09 bits per heavy atom. The highest BCUT2D eigenvalue weighted by Crippen LogP contribution is 2.28. The number of carbonyl (C=O) groups excluding carboxylic acids is 1. The molecule has 1 aliphatic heterocycles. The molecule has 7 heteroatoms. The standard InChI is InChI=1S/C28H30N2O4S/c31-28(29-32)27(13-7-10-22-8-3-1-4-9-22)35(33,34)30-20-18-26(19-21-30)25-16-14-24(15-17-25)23-11-5-2-6-12-23/h1-6,8-9,11-12,14-18,27,32H,7,10,13,19-21H2,(H,29,31)/t27-/m0/s1. The fourth-order valence-electron chi connectivity index (χ4n) is 4.45. The number of sulfonamides is 1. The minimum atomic E-state index is -3.92. The van der Waals surface area contributed by atoms with Gasteiger partial charge in [0.05, 0.1) is 0 Å². The van der Waals surface area contributed by atoms with Crippen molar-refractivity contribution in [2.24, 2.45) is 0 Å². The Morgan fingerprint density at radius 1 is 0.886 bits per heavy atom. The number of hydroxylamine groups is 1. The Morgan fingerprint density at radius 2 is 1.49 bits per heavy atom. The molecule has 1 atom stereocenters. The molecule has 2 N–H and O–H groups in total. The number of hydrogen-bond donors (Lipinski definition) is 2. The van der Waals surface area contributed by atoms with E-state index in [1.54, 1.807) is 5.48 Å². The number of aryl methyl sites for hydroxylation is 1. The van der Waals surface area contributed by atoms with Crippen molar-refractivity contribution in [2.45, 2.75) is 30.9 Å².